The number of hydrogen-bond donors (Lipinski definition) is 2. The molecule has 1 fully saturated rings. The van der Waals surface area contributed by atoms with Crippen LogP contribution in [-0.4, -0.2) is 48.3 Å². The summed E-state index contributed by atoms with van der Waals surface area (Å²) in [5.74, 6) is -1.13. The molecule has 0 spiro atoms. The Morgan fingerprint density at radius 3 is 2.74 bits per heavy atom. The maximum Gasteiger partial charge on any atom is 0.262 e. The lowest BCUT2D eigenvalue weighted by atomic mass is 10.1. The predicted octanol–water partition coefficient (Wildman–Crippen LogP) is 1.34. The Hall–Kier alpha value is -1.44. The molecule has 6 nitrogen and oxygen atoms in total. The number of piperidine rings is 1. The molecule has 2 aliphatic heterocycles. The number of rotatable bonds is 3. The molecule has 2 aliphatic rings. The van der Waals surface area contributed by atoms with Gasteiger partial charge in [0.2, 0.25) is 5.91 Å². The summed E-state index contributed by atoms with van der Waals surface area (Å²) in [4.78, 5) is 37.6. The van der Waals surface area contributed by atoms with Crippen molar-refractivity contribution in [3.8, 4) is 0 Å². The summed E-state index contributed by atoms with van der Waals surface area (Å²) in [5.41, 5.74) is 0.687. The second-order valence-electron chi connectivity index (χ2n) is 5.50. The van der Waals surface area contributed by atoms with Crippen LogP contribution < -0.4 is 10.6 Å². The first-order valence-electron chi connectivity index (χ1n) is 7.22. The highest BCUT2D eigenvalue weighted by Crippen LogP contribution is 2.25. The van der Waals surface area contributed by atoms with Gasteiger partial charge >= 0.3 is 0 Å². The summed E-state index contributed by atoms with van der Waals surface area (Å²) in [6, 6.07) is 4.98. The molecule has 0 bridgehead atoms. The van der Waals surface area contributed by atoms with Crippen molar-refractivity contribution >= 4 is 46.1 Å². The van der Waals surface area contributed by atoms with Crippen LogP contribution in [0.2, 0.25) is 0 Å². The Bertz CT molecular complexity index is 647. The second kappa shape index (κ2) is 7.42. The highest BCUT2D eigenvalue weighted by molar-refractivity contribution is 9.10. The van der Waals surface area contributed by atoms with E-state index in [2.05, 4.69) is 26.6 Å². The van der Waals surface area contributed by atoms with Crippen LogP contribution in [0.5, 0.6) is 0 Å². The average Bonchev–Trinajstić information content (AvgIpc) is 2.73. The van der Waals surface area contributed by atoms with Crippen molar-refractivity contribution in [2.24, 2.45) is 0 Å². The molecule has 3 amide bonds. The van der Waals surface area contributed by atoms with Gasteiger partial charge in [-0.15, -0.1) is 12.4 Å². The lowest BCUT2D eigenvalue weighted by molar-refractivity contribution is -0.122. The third-order valence-corrected chi connectivity index (χ3v) is 4.39. The zero-order valence-corrected chi connectivity index (χ0v) is 14.7. The minimum absolute atomic E-state index is 0. The van der Waals surface area contributed by atoms with Gasteiger partial charge in [-0.05, 0) is 37.6 Å². The van der Waals surface area contributed by atoms with Gasteiger partial charge in [0.05, 0.1) is 11.1 Å². The fourth-order valence-corrected chi connectivity index (χ4v) is 3.16. The monoisotopic (exact) mass is 401 g/mol. The predicted molar refractivity (Wildman–Crippen MR) is 90.8 cm³/mol. The molecule has 0 saturated carbocycles. The quantitative estimate of drug-likeness (QED) is 0.748. The van der Waals surface area contributed by atoms with E-state index >= 15 is 0 Å². The Balaban J connectivity index is 0.00000192. The summed E-state index contributed by atoms with van der Waals surface area (Å²) < 4.78 is 0.729. The smallest absolute Gasteiger partial charge is 0.262 e. The molecule has 124 valence electrons. The Morgan fingerprint density at radius 2 is 2.04 bits per heavy atom. The number of halogens is 2. The molecule has 3 rings (SSSR count). The molecule has 23 heavy (non-hydrogen) atoms. The number of carbonyl (C=O) groups excluding carboxylic acids is 3. The minimum Gasteiger partial charge on any atom is -0.351 e. The lowest BCUT2D eigenvalue weighted by Gasteiger charge is -2.24. The molecule has 1 atom stereocenters. The largest absolute Gasteiger partial charge is 0.351 e. The van der Waals surface area contributed by atoms with Crippen molar-refractivity contribution in [2.45, 2.75) is 18.9 Å². The van der Waals surface area contributed by atoms with E-state index in [1.54, 1.807) is 18.2 Å². The van der Waals surface area contributed by atoms with Gasteiger partial charge in [0.25, 0.3) is 11.8 Å². The van der Waals surface area contributed by atoms with Crippen LogP contribution in [0.3, 0.4) is 0 Å². The van der Waals surface area contributed by atoms with E-state index in [-0.39, 0.29) is 30.9 Å². The summed E-state index contributed by atoms with van der Waals surface area (Å²) in [7, 11) is 0. The Morgan fingerprint density at radius 1 is 1.30 bits per heavy atom. The Labute approximate surface area is 148 Å². The van der Waals surface area contributed by atoms with Crippen LogP contribution in [0, 0.1) is 0 Å². The van der Waals surface area contributed by atoms with Gasteiger partial charge in [0.15, 0.2) is 0 Å². The molecule has 1 aromatic rings. The molecular weight excluding hydrogens is 386 g/mol. The van der Waals surface area contributed by atoms with Gasteiger partial charge < -0.3 is 10.6 Å². The maximum atomic E-state index is 12.3. The number of benzene rings is 1. The third kappa shape index (κ3) is 3.73. The number of amides is 3. The molecule has 1 aromatic carbocycles. The van der Waals surface area contributed by atoms with Crippen molar-refractivity contribution in [3.05, 3.63) is 33.8 Å². The molecule has 0 radical (unpaired) electrons. The highest BCUT2D eigenvalue weighted by atomic mass is 79.9. The average molecular weight is 403 g/mol. The SMILES string of the molecule is Cl.O=C(CN1C(=O)c2ccc(Br)cc2C1=O)N[C@H]1CCCNC1. The number of nitrogens with zero attached hydrogens (tertiary/aromatic N) is 1. The van der Waals surface area contributed by atoms with Crippen molar-refractivity contribution in [2.75, 3.05) is 19.6 Å². The van der Waals surface area contributed by atoms with Crippen LogP contribution in [0.1, 0.15) is 33.6 Å². The number of carbonyl (C=O) groups is 3. The molecule has 2 heterocycles. The van der Waals surface area contributed by atoms with Gasteiger partial charge in [-0.25, -0.2) is 0 Å². The molecule has 2 N–H and O–H groups in total. The van der Waals surface area contributed by atoms with E-state index in [1.165, 1.54) is 0 Å². The molecule has 1 saturated heterocycles. The van der Waals surface area contributed by atoms with E-state index in [1.807, 2.05) is 0 Å². The van der Waals surface area contributed by atoms with Crippen molar-refractivity contribution in [1.29, 1.82) is 0 Å². The van der Waals surface area contributed by atoms with Gasteiger partial charge in [0, 0.05) is 17.1 Å². The molecule has 8 heteroatoms. The van der Waals surface area contributed by atoms with E-state index in [0.29, 0.717) is 11.1 Å². The Kier molecular flexibility index (Phi) is 5.78. The fourth-order valence-electron chi connectivity index (χ4n) is 2.80. The van der Waals surface area contributed by atoms with Crippen LogP contribution >= 0.6 is 28.3 Å². The molecule has 0 aliphatic carbocycles. The van der Waals surface area contributed by atoms with Crippen molar-refractivity contribution < 1.29 is 14.4 Å². The molecule has 0 aromatic heterocycles. The lowest BCUT2D eigenvalue weighted by Crippen LogP contribution is -2.49. The summed E-state index contributed by atoms with van der Waals surface area (Å²) >= 11 is 3.28. The van der Waals surface area contributed by atoms with E-state index in [9.17, 15) is 14.4 Å². The minimum atomic E-state index is -0.418. The van der Waals surface area contributed by atoms with E-state index in [0.717, 1.165) is 35.3 Å². The topological polar surface area (TPSA) is 78.5 Å². The normalized spacial score (nSPS) is 20.0. The van der Waals surface area contributed by atoms with Crippen LogP contribution in [0.25, 0.3) is 0 Å². The zero-order chi connectivity index (χ0) is 15.7. The van der Waals surface area contributed by atoms with Gasteiger partial charge in [0.1, 0.15) is 6.54 Å². The summed E-state index contributed by atoms with van der Waals surface area (Å²) in [6.07, 6.45) is 1.92. The first-order chi connectivity index (χ1) is 10.6. The summed E-state index contributed by atoms with van der Waals surface area (Å²) in [5, 5.41) is 6.07. The number of hydrogen-bond acceptors (Lipinski definition) is 4. The van der Waals surface area contributed by atoms with Gasteiger partial charge in [-0.2, -0.15) is 0 Å². The van der Waals surface area contributed by atoms with Crippen molar-refractivity contribution in [3.63, 3.8) is 0 Å². The van der Waals surface area contributed by atoms with Crippen LogP contribution in [-0.2, 0) is 4.79 Å². The second-order valence-corrected chi connectivity index (χ2v) is 6.41. The van der Waals surface area contributed by atoms with Gasteiger partial charge in [-0.1, -0.05) is 15.9 Å². The third-order valence-electron chi connectivity index (χ3n) is 3.90. The number of imide groups is 1. The highest BCUT2D eigenvalue weighted by Gasteiger charge is 2.36. The van der Waals surface area contributed by atoms with Crippen molar-refractivity contribution in [1.82, 2.24) is 15.5 Å². The molecule has 0 unspecified atom stereocenters. The number of nitrogens with one attached hydrogen (secondary N) is 2. The van der Waals surface area contributed by atoms with E-state index < -0.39 is 11.8 Å². The maximum absolute atomic E-state index is 12.3. The zero-order valence-electron chi connectivity index (χ0n) is 12.3. The first-order valence-corrected chi connectivity index (χ1v) is 8.01. The summed E-state index contributed by atoms with van der Waals surface area (Å²) in [6.45, 7) is 1.45. The van der Waals surface area contributed by atoms with E-state index in [4.69, 9.17) is 0 Å². The number of fused-ring (bicyclic) bond motifs is 1. The fraction of sp³-hybridized carbons (Fsp3) is 0.400. The van der Waals surface area contributed by atoms with Gasteiger partial charge in [-0.3, -0.25) is 19.3 Å². The molecular formula is C15H17BrClN3O3. The standard InChI is InChI=1S/C15H16BrN3O3.ClH/c16-9-3-4-11-12(6-9)15(22)19(14(11)21)8-13(20)18-10-2-1-5-17-7-10;/h3-4,6,10,17H,1-2,5,7-8H2,(H,18,20);1H/t10-;/m0./s1. The van der Waals surface area contributed by atoms with Crippen LogP contribution in [0.4, 0.5) is 0 Å². The first kappa shape index (κ1) is 17.9. The van der Waals surface area contributed by atoms with Crippen LogP contribution in [0.15, 0.2) is 22.7 Å².